The van der Waals surface area contributed by atoms with E-state index in [2.05, 4.69) is 11.9 Å². The topological polar surface area (TPSA) is 38.4 Å². The van der Waals surface area contributed by atoms with Crippen LogP contribution in [0.25, 0.3) is 6.08 Å². The first kappa shape index (κ1) is 16.1. The van der Waals surface area contributed by atoms with Crippen molar-refractivity contribution in [3.05, 3.63) is 40.0 Å². The Balaban J connectivity index is 2.45. The number of unbranched alkanes of at least 4 members (excludes halogenated alkanes) is 3. The van der Waals surface area contributed by atoms with Crippen LogP contribution in [-0.2, 0) is 0 Å². The van der Waals surface area contributed by atoms with E-state index in [4.69, 9.17) is 28.9 Å². The summed E-state index contributed by atoms with van der Waals surface area (Å²) in [5.74, 6) is 0.674. The maximum Gasteiger partial charge on any atom is 0.0988 e. The molecule has 0 aliphatic heterocycles. The van der Waals surface area contributed by atoms with Gasteiger partial charge in [0.1, 0.15) is 0 Å². The summed E-state index contributed by atoms with van der Waals surface area (Å²) in [6.07, 6.45) is 9.22. The number of nitrogens with two attached hydrogens (primary N) is 1. The highest BCUT2D eigenvalue weighted by Crippen LogP contribution is 2.23. The van der Waals surface area contributed by atoms with Crippen LogP contribution in [0.15, 0.2) is 29.4 Å². The zero-order valence-corrected chi connectivity index (χ0v) is 12.7. The molecule has 0 spiro atoms. The van der Waals surface area contributed by atoms with Gasteiger partial charge in [0.25, 0.3) is 0 Å². The Morgan fingerprint density at radius 1 is 1.21 bits per heavy atom. The molecule has 0 aliphatic rings. The molecule has 19 heavy (non-hydrogen) atoms. The van der Waals surface area contributed by atoms with Gasteiger partial charge in [0.15, 0.2) is 0 Å². The number of aliphatic imine (C=N–C) groups is 1. The van der Waals surface area contributed by atoms with Crippen LogP contribution in [0.4, 0.5) is 0 Å². The fourth-order valence-electron chi connectivity index (χ4n) is 1.63. The number of hydrogen-bond acceptors (Lipinski definition) is 1. The smallest absolute Gasteiger partial charge is 0.0988 e. The van der Waals surface area contributed by atoms with Crippen LogP contribution < -0.4 is 5.73 Å². The summed E-state index contributed by atoms with van der Waals surface area (Å²) in [4.78, 5) is 4.21. The second-order valence-corrected chi connectivity index (χ2v) is 5.23. The third-order valence-corrected chi connectivity index (χ3v) is 3.48. The molecule has 0 radical (unpaired) electrons. The van der Waals surface area contributed by atoms with E-state index in [0.29, 0.717) is 15.9 Å². The number of rotatable bonds is 7. The minimum atomic E-state index is 0.542. The second kappa shape index (κ2) is 9.00. The summed E-state index contributed by atoms with van der Waals surface area (Å²) in [5, 5.41) is 1.10. The van der Waals surface area contributed by atoms with Crippen molar-refractivity contribution in [2.45, 2.75) is 39.0 Å². The molecule has 0 unspecified atom stereocenters. The number of nitrogens with zero attached hydrogens (tertiary/aromatic N) is 1. The average Bonchev–Trinajstić information content (AvgIpc) is 2.39. The largest absolute Gasteiger partial charge is 0.387 e. The molecular formula is C15H20Cl2N2. The van der Waals surface area contributed by atoms with Gasteiger partial charge >= 0.3 is 0 Å². The molecule has 1 rings (SSSR count). The van der Waals surface area contributed by atoms with E-state index in [1.807, 2.05) is 12.1 Å². The number of benzene rings is 1. The Hall–Kier alpha value is -0.990. The van der Waals surface area contributed by atoms with Gasteiger partial charge in [-0.15, -0.1) is 0 Å². The maximum atomic E-state index is 5.93. The molecule has 0 bridgehead atoms. The molecule has 4 heteroatoms. The van der Waals surface area contributed by atoms with Gasteiger partial charge in [0.2, 0.25) is 0 Å². The highest BCUT2D eigenvalue weighted by atomic mass is 35.5. The van der Waals surface area contributed by atoms with Crippen LogP contribution in [0, 0.1) is 0 Å². The highest BCUT2D eigenvalue weighted by Gasteiger charge is 1.96. The normalized spacial score (nSPS) is 12.3. The molecule has 104 valence electrons. The van der Waals surface area contributed by atoms with Crippen molar-refractivity contribution in [2.75, 3.05) is 0 Å². The molecule has 1 aromatic rings. The van der Waals surface area contributed by atoms with Crippen LogP contribution in [0.1, 0.15) is 44.6 Å². The van der Waals surface area contributed by atoms with Gasteiger partial charge in [-0.3, -0.25) is 0 Å². The van der Waals surface area contributed by atoms with E-state index in [1.165, 1.54) is 19.3 Å². The van der Waals surface area contributed by atoms with Crippen molar-refractivity contribution in [2.24, 2.45) is 10.7 Å². The van der Waals surface area contributed by atoms with Crippen molar-refractivity contribution >= 4 is 35.1 Å². The first-order valence-corrected chi connectivity index (χ1v) is 7.33. The van der Waals surface area contributed by atoms with Crippen molar-refractivity contribution < 1.29 is 0 Å². The molecule has 0 amide bonds. The summed E-state index contributed by atoms with van der Waals surface area (Å²) in [6.45, 7) is 2.19. The Labute approximate surface area is 125 Å². The van der Waals surface area contributed by atoms with Gasteiger partial charge in [-0.2, -0.15) is 0 Å². The van der Waals surface area contributed by atoms with Gasteiger partial charge in [0, 0.05) is 12.6 Å². The maximum absolute atomic E-state index is 5.93. The molecule has 1 aromatic carbocycles. The van der Waals surface area contributed by atoms with Gasteiger partial charge in [-0.05, 0) is 30.2 Å². The van der Waals surface area contributed by atoms with E-state index in [1.54, 1.807) is 18.3 Å². The molecule has 0 aliphatic carbocycles. The molecule has 0 atom stereocenters. The van der Waals surface area contributed by atoms with E-state index in [-0.39, 0.29) is 0 Å². The molecule has 0 aromatic heterocycles. The molecular weight excluding hydrogens is 279 g/mol. The van der Waals surface area contributed by atoms with Gasteiger partial charge in [-0.25, -0.2) is 4.99 Å². The standard InChI is InChI=1S/C15H20Cl2N2/c1-2-3-4-5-6-15(18)19-10-9-12-7-8-13(16)14(17)11-12/h7-11H,2-6H2,1H3,(H2,18,19)/b10-9+. The van der Waals surface area contributed by atoms with Crippen molar-refractivity contribution in [1.82, 2.24) is 0 Å². The predicted octanol–water partition coefficient (Wildman–Crippen LogP) is 5.29. The highest BCUT2D eigenvalue weighted by molar-refractivity contribution is 6.42. The van der Waals surface area contributed by atoms with Gasteiger partial charge in [0.05, 0.1) is 15.9 Å². The van der Waals surface area contributed by atoms with Crippen molar-refractivity contribution in [1.29, 1.82) is 0 Å². The fraction of sp³-hybridized carbons (Fsp3) is 0.400. The molecule has 2 N–H and O–H groups in total. The monoisotopic (exact) mass is 298 g/mol. The lowest BCUT2D eigenvalue weighted by Gasteiger charge is -1.99. The minimum absolute atomic E-state index is 0.542. The molecule has 0 fully saturated rings. The lowest BCUT2D eigenvalue weighted by atomic mass is 10.1. The first-order chi connectivity index (χ1) is 9.13. The molecule has 0 saturated carbocycles. The van der Waals surface area contributed by atoms with E-state index >= 15 is 0 Å². The van der Waals surface area contributed by atoms with E-state index in [9.17, 15) is 0 Å². The quantitative estimate of drug-likeness (QED) is 0.414. The SMILES string of the molecule is CCCCCCC(N)=N/C=C/c1ccc(Cl)c(Cl)c1. The third kappa shape index (κ3) is 6.65. The molecule has 2 nitrogen and oxygen atoms in total. The summed E-state index contributed by atoms with van der Waals surface area (Å²) in [5.41, 5.74) is 6.78. The first-order valence-electron chi connectivity index (χ1n) is 6.57. The van der Waals surface area contributed by atoms with Gasteiger partial charge < -0.3 is 5.73 Å². The summed E-state index contributed by atoms with van der Waals surface area (Å²) >= 11 is 11.8. The minimum Gasteiger partial charge on any atom is -0.387 e. The van der Waals surface area contributed by atoms with E-state index in [0.717, 1.165) is 18.4 Å². The molecule has 0 saturated heterocycles. The van der Waals surface area contributed by atoms with Crippen molar-refractivity contribution in [3.63, 3.8) is 0 Å². The lowest BCUT2D eigenvalue weighted by molar-refractivity contribution is 0.682. The Bertz CT molecular complexity index is 453. The predicted molar refractivity (Wildman–Crippen MR) is 85.9 cm³/mol. The Morgan fingerprint density at radius 2 is 2.00 bits per heavy atom. The molecule has 0 heterocycles. The fourth-order valence-corrected chi connectivity index (χ4v) is 1.94. The van der Waals surface area contributed by atoms with Crippen LogP contribution in [0.5, 0.6) is 0 Å². The number of hydrogen-bond donors (Lipinski definition) is 1. The zero-order chi connectivity index (χ0) is 14.1. The summed E-state index contributed by atoms with van der Waals surface area (Å²) < 4.78 is 0. The van der Waals surface area contributed by atoms with Crippen molar-refractivity contribution in [3.8, 4) is 0 Å². The zero-order valence-electron chi connectivity index (χ0n) is 11.2. The van der Waals surface area contributed by atoms with E-state index < -0.39 is 0 Å². The van der Waals surface area contributed by atoms with Crippen LogP contribution in [-0.4, -0.2) is 5.84 Å². The Morgan fingerprint density at radius 3 is 2.68 bits per heavy atom. The second-order valence-electron chi connectivity index (χ2n) is 4.42. The summed E-state index contributed by atoms with van der Waals surface area (Å²) in [6, 6.07) is 5.45. The lowest BCUT2D eigenvalue weighted by Crippen LogP contribution is -2.10. The average molecular weight is 299 g/mol. The van der Waals surface area contributed by atoms with Gasteiger partial charge in [-0.1, -0.05) is 55.5 Å². The summed E-state index contributed by atoms with van der Waals surface area (Å²) in [7, 11) is 0. The number of halogens is 2. The van der Waals surface area contributed by atoms with Crippen LogP contribution in [0.3, 0.4) is 0 Å². The van der Waals surface area contributed by atoms with Crippen LogP contribution >= 0.6 is 23.2 Å². The Kier molecular flexibility index (Phi) is 7.61. The number of amidine groups is 1. The third-order valence-electron chi connectivity index (χ3n) is 2.74. The van der Waals surface area contributed by atoms with Crippen LogP contribution in [0.2, 0.25) is 10.0 Å².